The maximum atomic E-state index is 13.5. The Kier molecular flexibility index (Phi) is 6.75. The zero-order chi connectivity index (χ0) is 25.4. The highest BCUT2D eigenvalue weighted by molar-refractivity contribution is 6.31. The van der Waals surface area contributed by atoms with Crippen molar-refractivity contribution in [1.29, 1.82) is 0 Å². The molecule has 2 aromatic rings. The van der Waals surface area contributed by atoms with E-state index in [4.69, 9.17) is 11.6 Å². The number of allylic oxidation sites excluding steroid dienone is 2. The molecule has 7 nitrogen and oxygen atoms in total. The number of hydrogen-bond acceptors (Lipinski definition) is 4. The van der Waals surface area contributed by atoms with Gasteiger partial charge >= 0.3 is 5.97 Å². The molecule has 1 aliphatic heterocycles. The van der Waals surface area contributed by atoms with Crippen LogP contribution in [0.2, 0.25) is 5.02 Å². The lowest BCUT2D eigenvalue weighted by Gasteiger charge is -2.31. The van der Waals surface area contributed by atoms with Crippen LogP contribution in [0.4, 0.5) is 17.1 Å². The van der Waals surface area contributed by atoms with Crippen LogP contribution in [-0.2, 0) is 9.59 Å². The molecule has 188 valence electrons. The van der Waals surface area contributed by atoms with Gasteiger partial charge in [-0.15, -0.1) is 0 Å². The molecule has 1 saturated heterocycles. The van der Waals surface area contributed by atoms with Crippen LogP contribution in [0.3, 0.4) is 0 Å². The first-order valence-corrected chi connectivity index (χ1v) is 12.9. The van der Waals surface area contributed by atoms with Gasteiger partial charge in [-0.05, 0) is 80.3 Å². The van der Waals surface area contributed by atoms with Gasteiger partial charge in [-0.2, -0.15) is 0 Å². The van der Waals surface area contributed by atoms with E-state index in [-0.39, 0.29) is 23.7 Å². The number of piperidine rings is 1. The first-order valence-electron chi connectivity index (χ1n) is 12.5. The summed E-state index contributed by atoms with van der Waals surface area (Å²) in [5, 5.41) is 16.1. The number of benzene rings is 2. The van der Waals surface area contributed by atoms with Gasteiger partial charge in [0.25, 0.3) is 5.91 Å². The highest BCUT2D eigenvalue weighted by Gasteiger charge is 2.51. The fraction of sp³-hybridized carbons (Fsp3) is 0.393. The number of nitrogens with one attached hydrogen (secondary N) is 2. The summed E-state index contributed by atoms with van der Waals surface area (Å²) in [4.78, 5) is 40.8. The van der Waals surface area contributed by atoms with E-state index in [9.17, 15) is 19.5 Å². The molecule has 2 aromatic carbocycles. The Hall–Kier alpha value is -3.32. The Balaban J connectivity index is 1.43. The predicted molar refractivity (Wildman–Crippen MR) is 141 cm³/mol. The van der Waals surface area contributed by atoms with Crippen molar-refractivity contribution in [2.45, 2.75) is 32.6 Å². The van der Waals surface area contributed by atoms with E-state index in [2.05, 4.69) is 15.5 Å². The molecule has 1 heterocycles. The van der Waals surface area contributed by atoms with E-state index in [1.165, 1.54) is 0 Å². The van der Waals surface area contributed by atoms with Crippen LogP contribution >= 0.6 is 11.6 Å². The van der Waals surface area contributed by atoms with Gasteiger partial charge in [0.2, 0.25) is 5.91 Å². The minimum atomic E-state index is -0.940. The molecular weight excluding hydrogens is 478 g/mol. The molecule has 4 atom stereocenters. The maximum absolute atomic E-state index is 13.5. The lowest BCUT2D eigenvalue weighted by atomic mass is 9.82. The second-order valence-electron chi connectivity index (χ2n) is 10.0. The van der Waals surface area contributed by atoms with Crippen molar-refractivity contribution in [3.63, 3.8) is 0 Å². The van der Waals surface area contributed by atoms with Gasteiger partial charge in [0, 0.05) is 35.2 Å². The van der Waals surface area contributed by atoms with E-state index in [0.717, 1.165) is 43.6 Å². The van der Waals surface area contributed by atoms with Crippen molar-refractivity contribution < 1.29 is 19.5 Å². The quantitative estimate of drug-likeness (QED) is 0.458. The first kappa shape index (κ1) is 24.4. The van der Waals surface area contributed by atoms with Crippen molar-refractivity contribution >= 4 is 46.4 Å². The van der Waals surface area contributed by atoms with E-state index in [0.29, 0.717) is 28.4 Å². The van der Waals surface area contributed by atoms with Crippen LogP contribution in [-0.4, -0.2) is 36.0 Å². The van der Waals surface area contributed by atoms with Crippen LogP contribution in [0.15, 0.2) is 48.6 Å². The number of carboxylic acid groups (broad SMARTS) is 1. The van der Waals surface area contributed by atoms with E-state index in [1.807, 2.05) is 31.2 Å². The Bertz CT molecular complexity index is 1240. The highest BCUT2D eigenvalue weighted by atomic mass is 35.5. The number of fused-ring (bicyclic) bond motifs is 2. The summed E-state index contributed by atoms with van der Waals surface area (Å²) in [5.41, 5.74) is 3.27. The normalized spacial score (nSPS) is 24.6. The number of carbonyl (C=O) groups excluding carboxylic acids is 2. The molecule has 3 N–H and O–H groups in total. The molecule has 2 amide bonds. The minimum absolute atomic E-state index is 0.0719. The fourth-order valence-corrected chi connectivity index (χ4v) is 6.04. The number of carbonyl (C=O) groups is 3. The minimum Gasteiger partial charge on any atom is -0.481 e. The topological polar surface area (TPSA) is 98.7 Å². The standard InChI is InChI=1S/C28H30ClN3O4/c1-16-5-8-19(29)14-22(16)31-26(33)21-15-20(9-10-23(21)32-11-3-2-4-12-32)30-27(34)24-17-6-7-18(13-17)25(24)28(35)36/h5-10,14-15,17-18,24-25H,2-4,11-13H2,1H3,(H,30,34)(H,31,33)(H,35,36)/t17-,18-,24-,25+/m0/s1. The van der Waals surface area contributed by atoms with E-state index >= 15 is 0 Å². The number of halogens is 1. The summed E-state index contributed by atoms with van der Waals surface area (Å²) in [6, 6.07) is 10.7. The third-order valence-electron chi connectivity index (χ3n) is 7.70. The molecule has 2 fully saturated rings. The zero-order valence-electron chi connectivity index (χ0n) is 20.2. The average molecular weight is 508 g/mol. The smallest absolute Gasteiger partial charge is 0.307 e. The van der Waals surface area contributed by atoms with Crippen LogP contribution in [0.1, 0.15) is 41.6 Å². The number of nitrogens with zero attached hydrogens (tertiary/aromatic N) is 1. The summed E-state index contributed by atoms with van der Waals surface area (Å²) in [7, 11) is 0. The first-order chi connectivity index (χ1) is 17.3. The van der Waals surface area contributed by atoms with Gasteiger partial charge in [-0.3, -0.25) is 14.4 Å². The largest absolute Gasteiger partial charge is 0.481 e. The molecule has 2 aliphatic carbocycles. The molecule has 2 bridgehead atoms. The summed E-state index contributed by atoms with van der Waals surface area (Å²) < 4.78 is 0. The summed E-state index contributed by atoms with van der Waals surface area (Å²) in [5.74, 6) is -3.06. The number of rotatable bonds is 6. The second kappa shape index (κ2) is 9.97. The van der Waals surface area contributed by atoms with E-state index in [1.54, 1.807) is 24.3 Å². The van der Waals surface area contributed by atoms with Crippen molar-refractivity contribution in [2.75, 3.05) is 28.6 Å². The van der Waals surface area contributed by atoms with Crippen molar-refractivity contribution in [2.24, 2.45) is 23.7 Å². The number of amides is 2. The molecule has 5 rings (SSSR count). The van der Waals surface area contributed by atoms with Gasteiger partial charge in [0.1, 0.15) is 0 Å². The third-order valence-corrected chi connectivity index (χ3v) is 7.94. The third kappa shape index (κ3) is 4.72. The number of aryl methyl sites for hydroxylation is 1. The average Bonchev–Trinajstić information content (AvgIpc) is 3.49. The van der Waals surface area contributed by atoms with Gasteiger partial charge in [0.15, 0.2) is 0 Å². The molecule has 0 radical (unpaired) electrons. The Morgan fingerprint density at radius 1 is 0.944 bits per heavy atom. The van der Waals surface area contributed by atoms with Crippen LogP contribution < -0.4 is 15.5 Å². The molecular formula is C28H30ClN3O4. The Labute approximate surface area is 215 Å². The van der Waals surface area contributed by atoms with Gasteiger partial charge < -0.3 is 20.6 Å². The highest BCUT2D eigenvalue weighted by Crippen LogP contribution is 2.48. The summed E-state index contributed by atoms with van der Waals surface area (Å²) >= 11 is 6.15. The van der Waals surface area contributed by atoms with Crippen molar-refractivity contribution in [3.05, 3.63) is 64.7 Å². The monoisotopic (exact) mass is 507 g/mol. The number of aliphatic carboxylic acids is 1. The molecule has 36 heavy (non-hydrogen) atoms. The Morgan fingerprint density at radius 3 is 2.39 bits per heavy atom. The number of anilines is 3. The fourth-order valence-electron chi connectivity index (χ4n) is 5.87. The lowest BCUT2D eigenvalue weighted by molar-refractivity contribution is -0.146. The Morgan fingerprint density at radius 2 is 1.67 bits per heavy atom. The summed E-state index contributed by atoms with van der Waals surface area (Å²) in [6.45, 7) is 3.62. The molecule has 1 saturated carbocycles. The van der Waals surface area contributed by atoms with Crippen molar-refractivity contribution in [3.8, 4) is 0 Å². The van der Waals surface area contributed by atoms with Crippen LogP contribution in [0.25, 0.3) is 0 Å². The molecule has 0 spiro atoms. The predicted octanol–water partition coefficient (Wildman–Crippen LogP) is 5.35. The van der Waals surface area contributed by atoms with Crippen LogP contribution in [0.5, 0.6) is 0 Å². The molecule has 0 unspecified atom stereocenters. The van der Waals surface area contributed by atoms with E-state index < -0.39 is 17.8 Å². The van der Waals surface area contributed by atoms with Gasteiger partial charge in [-0.25, -0.2) is 0 Å². The van der Waals surface area contributed by atoms with Gasteiger partial charge in [-0.1, -0.05) is 29.8 Å². The second-order valence-corrected chi connectivity index (χ2v) is 10.5. The maximum Gasteiger partial charge on any atom is 0.307 e. The lowest BCUT2D eigenvalue weighted by Crippen LogP contribution is -2.36. The van der Waals surface area contributed by atoms with Crippen molar-refractivity contribution in [1.82, 2.24) is 0 Å². The molecule has 3 aliphatic rings. The zero-order valence-corrected chi connectivity index (χ0v) is 20.9. The van der Waals surface area contributed by atoms with Crippen LogP contribution in [0, 0.1) is 30.6 Å². The molecule has 0 aromatic heterocycles. The molecule has 8 heteroatoms. The summed E-state index contributed by atoms with van der Waals surface area (Å²) in [6.07, 6.45) is 7.84. The SMILES string of the molecule is Cc1ccc(Cl)cc1NC(=O)c1cc(NC(=O)[C@@H]2[C@H](C(=O)O)[C@H]3C=C[C@H]2C3)ccc1N1CCCCC1. The number of carboxylic acids is 1. The van der Waals surface area contributed by atoms with Gasteiger partial charge in [0.05, 0.1) is 17.4 Å². The number of hydrogen-bond donors (Lipinski definition) is 3.